The fourth-order valence-corrected chi connectivity index (χ4v) is 2.11. The molecule has 0 spiro atoms. The number of hydrogen-bond acceptors (Lipinski definition) is 3. The van der Waals surface area contributed by atoms with Gasteiger partial charge in [-0.15, -0.1) is 0 Å². The van der Waals surface area contributed by atoms with Crippen LogP contribution in [-0.4, -0.2) is 29.3 Å². The SMILES string of the molecule is CC(C)C1(C)COB(c2cnc3[nH]ccc3c2)O1. The van der Waals surface area contributed by atoms with Gasteiger partial charge in [-0.1, -0.05) is 13.8 Å². The van der Waals surface area contributed by atoms with Crippen molar-refractivity contribution in [3.05, 3.63) is 24.5 Å². The highest BCUT2D eigenvalue weighted by Gasteiger charge is 2.43. The standard InChI is InChI=1S/C13H17BN2O2/c1-9(2)13(3)8-17-14(18-13)11-6-10-4-5-15-12(10)16-7-11/h4-7,9H,8H2,1-3H3,(H,15,16). The number of H-pyrrole nitrogens is 1. The van der Waals surface area contributed by atoms with Gasteiger partial charge in [0.05, 0.1) is 12.2 Å². The summed E-state index contributed by atoms with van der Waals surface area (Å²) >= 11 is 0. The van der Waals surface area contributed by atoms with E-state index in [-0.39, 0.29) is 12.7 Å². The van der Waals surface area contributed by atoms with Gasteiger partial charge in [-0.3, -0.25) is 0 Å². The van der Waals surface area contributed by atoms with Crippen LogP contribution in [0.1, 0.15) is 20.8 Å². The van der Waals surface area contributed by atoms with Gasteiger partial charge in [0.25, 0.3) is 0 Å². The number of nitrogens with one attached hydrogen (secondary N) is 1. The molecule has 0 aliphatic carbocycles. The molecule has 0 radical (unpaired) electrons. The van der Waals surface area contributed by atoms with Crippen molar-refractivity contribution < 1.29 is 9.31 Å². The summed E-state index contributed by atoms with van der Waals surface area (Å²) in [4.78, 5) is 7.44. The molecule has 2 aromatic rings. The summed E-state index contributed by atoms with van der Waals surface area (Å²) in [5.74, 6) is 0.423. The lowest BCUT2D eigenvalue weighted by Crippen LogP contribution is -2.39. The Bertz CT molecular complexity index is 569. The Morgan fingerprint density at radius 2 is 2.33 bits per heavy atom. The number of hydrogen-bond donors (Lipinski definition) is 1. The number of fused-ring (bicyclic) bond motifs is 1. The third-order valence-corrected chi connectivity index (χ3v) is 3.81. The summed E-state index contributed by atoms with van der Waals surface area (Å²) < 4.78 is 11.8. The summed E-state index contributed by atoms with van der Waals surface area (Å²) in [6, 6.07) is 4.07. The van der Waals surface area contributed by atoms with Crippen molar-refractivity contribution in [1.82, 2.24) is 9.97 Å². The van der Waals surface area contributed by atoms with Crippen LogP contribution >= 0.6 is 0 Å². The minimum atomic E-state index is -0.302. The van der Waals surface area contributed by atoms with Gasteiger partial charge in [0.15, 0.2) is 0 Å². The average molecular weight is 244 g/mol. The molecule has 2 aromatic heterocycles. The Hall–Kier alpha value is -1.33. The molecule has 0 aromatic carbocycles. The molecule has 0 bridgehead atoms. The van der Waals surface area contributed by atoms with E-state index >= 15 is 0 Å². The first-order chi connectivity index (χ1) is 8.58. The number of rotatable bonds is 2. The van der Waals surface area contributed by atoms with Crippen molar-refractivity contribution in [2.24, 2.45) is 5.92 Å². The van der Waals surface area contributed by atoms with Gasteiger partial charge in [0.2, 0.25) is 0 Å². The van der Waals surface area contributed by atoms with Crippen LogP contribution in [0.25, 0.3) is 11.0 Å². The zero-order chi connectivity index (χ0) is 12.8. The van der Waals surface area contributed by atoms with Crippen LogP contribution in [0, 0.1) is 5.92 Å². The van der Waals surface area contributed by atoms with Gasteiger partial charge < -0.3 is 14.3 Å². The molecule has 3 heterocycles. The highest BCUT2D eigenvalue weighted by molar-refractivity contribution is 6.62. The van der Waals surface area contributed by atoms with Crippen molar-refractivity contribution >= 4 is 23.6 Å². The van der Waals surface area contributed by atoms with Gasteiger partial charge in [-0.25, -0.2) is 4.98 Å². The van der Waals surface area contributed by atoms with Gasteiger partial charge in [-0.05, 0) is 25.0 Å². The molecule has 94 valence electrons. The molecule has 18 heavy (non-hydrogen) atoms. The molecule has 1 atom stereocenters. The van der Waals surface area contributed by atoms with Crippen LogP contribution in [0.3, 0.4) is 0 Å². The lowest BCUT2D eigenvalue weighted by molar-refractivity contribution is 0.0621. The molecule has 4 nitrogen and oxygen atoms in total. The van der Waals surface area contributed by atoms with Crippen molar-refractivity contribution in [2.45, 2.75) is 26.4 Å². The Kier molecular flexibility index (Phi) is 2.68. The third-order valence-electron chi connectivity index (χ3n) is 3.81. The molecule has 5 heteroatoms. The highest BCUT2D eigenvalue weighted by Crippen LogP contribution is 2.28. The molecule has 0 amide bonds. The quantitative estimate of drug-likeness (QED) is 0.818. The topological polar surface area (TPSA) is 47.1 Å². The van der Waals surface area contributed by atoms with Gasteiger partial charge >= 0.3 is 7.12 Å². The van der Waals surface area contributed by atoms with Crippen molar-refractivity contribution in [1.29, 1.82) is 0 Å². The molecule has 1 fully saturated rings. The van der Waals surface area contributed by atoms with E-state index in [2.05, 4.69) is 36.8 Å². The maximum absolute atomic E-state index is 6.05. The first kappa shape index (κ1) is 11.7. The highest BCUT2D eigenvalue weighted by atomic mass is 16.7. The molecule has 1 N–H and O–H groups in total. The number of aromatic amines is 1. The Balaban J connectivity index is 1.87. The molecule has 3 rings (SSSR count). The first-order valence-electron chi connectivity index (χ1n) is 6.31. The third kappa shape index (κ3) is 1.83. The normalized spacial score (nSPS) is 24.3. The van der Waals surface area contributed by atoms with E-state index < -0.39 is 0 Å². The lowest BCUT2D eigenvalue weighted by Gasteiger charge is -2.27. The summed E-state index contributed by atoms with van der Waals surface area (Å²) in [6.07, 6.45) is 3.70. The number of aromatic nitrogens is 2. The Morgan fingerprint density at radius 1 is 1.50 bits per heavy atom. The second kappa shape index (κ2) is 4.11. The van der Waals surface area contributed by atoms with Crippen molar-refractivity contribution in [3.8, 4) is 0 Å². The summed E-state index contributed by atoms with van der Waals surface area (Å²) in [5.41, 5.74) is 1.66. The monoisotopic (exact) mass is 244 g/mol. The zero-order valence-electron chi connectivity index (χ0n) is 10.9. The smallest absolute Gasteiger partial charge is 0.404 e. The van der Waals surface area contributed by atoms with E-state index in [4.69, 9.17) is 9.31 Å². The lowest BCUT2D eigenvalue weighted by atomic mass is 9.79. The Morgan fingerprint density at radius 3 is 3.06 bits per heavy atom. The van der Waals surface area contributed by atoms with Crippen molar-refractivity contribution in [2.75, 3.05) is 6.61 Å². The molecule has 0 saturated carbocycles. The fraction of sp³-hybridized carbons (Fsp3) is 0.462. The second-order valence-corrected chi connectivity index (χ2v) is 5.41. The molecule has 1 aliphatic heterocycles. The van der Waals surface area contributed by atoms with Crippen LogP contribution in [-0.2, 0) is 9.31 Å². The zero-order valence-corrected chi connectivity index (χ0v) is 10.9. The predicted molar refractivity (Wildman–Crippen MR) is 71.8 cm³/mol. The van der Waals surface area contributed by atoms with Crippen LogP contribution in [0.5, 0.6) is 0 Å². The van der Waals surface area contributed by atoms with Crippen LogP contribution in [0.4, 0.5) is 0 Å². The maximum Gasteiger partial charge on any atom is 0.496 e. The molecular weight excluding hydrogens is 227 g/mol. The number of pyridine rings is 1. The summed E-state index contributed by atoms with van der Waals surface area (Å²) in [5, 5.41) is 1.08. The van der Waals surface area contributed by atoms with E-state index in [1.165, 1.54) is 0 Å². The second-order valence-electron chi connectivity index (χ2n) is 5.41. The molecule has 1 unspecified atom stereocenters. The van der Waals surface area contributed by atoms with E-state index in [0.717, 1.165) is 16.5 Å². The maximum atomic E-state index is 6.05. The molecular formula is C13H17BN2O2. The van der Waals surface area contributed by atoms with Gasteiger partial charge in [0.1, 0.15) is 5.65 Å². The van der Waals surface area contributed by atoms with Crippen LogP contribution in [0.2, 0.25) is 0 Å². The number of nitrogens with zero attached hydrogens (tertiary/aromatic N) is 1. The van der Waals surface area contributed by atoms with Crippen molar-refractivity contribution in [3.63, 3.8) is 0 Å². The van der Waals surface area contributed by atoms with E-state index in [1.807, 2.05) is 18.5 Å². The van der Waals surface area contributed by atoms with Crippen LogP contribution in [0.15, 0.2) is 24.5 Å². The minimum Gasteiger partial charge on any atom is -0.404 e. The summed E-state index contributed by atoms with van der Waals surface area (Å²) in [7, 11) is -0.302. The Labute approximate surface area is 107 Å². The predicted octanol–water partition coefficient (Wildman–Crippen LogP) is 1.72. The van der Waals surface area contributed by atoms with E-state index in [1.54, 1.807) is 0 Å². The summed E-state index contributed by atoms with van der Waals surface area (Å²) in [6.45, 7) is 7.03. The van der Waals surface area contributed by atoms with Gasteiger partial charge in [0, 0.05) is 23.2 Å². The first-order valence-corrected chi connectivity index (χ1v) is 6.31. The fourth-order valence-electron chi connectivity index (χ4n) is 2.11. The van der Waals surface area contributed by atoms with Gasteiger partial charge in [-0.2, -0.15) is 0 Å². The largest absolute Gasteiger partial charge is 0.496 e. The van der Waals surface area contributed by atoms with E-state index in [9.17, 15) is 0 Å². The molecule has 1 saturated heterocycles. The van der Waals surface area contributed by atoms with Crippen LogP contribution < -0.4 is 5.46 Å². The average Bonchev–Trinajstić information content (AvgIpc) is 2.95. The van der Waals surface area contributed by atoms with E-state index in [0.29, 0.717) is 12.5 Å². The minimum absolute atomic E-state index is 0.211. The molecule has 1 aliphatic rings.